The molecule has 2 aromatic carbocycles. The predicted octanol–water partition coefficient (Wildman–Crippen LogP) is 4.10. The van der Waals surface area contributed by atoms with E-state index in [0.29, 0.717) is 22.7 Å². The maximum Gasteiger partial charge on any atom is 0.291 e. The quantitative estimate of drug-likeness (QED) is 0.726. The Morgan fingerprint density at radius 2 is 1.65 bits per heavy atom. The number of anilines is 2. The molecule has 2 amide bonds. The van der Waals surface area contributed by atoms with Gasteiger partial charge >= 0.3 is 0 Å². The highest BCUT2D eigenvalue weighted by atomic mass is 16.5. The minimum atomic E-state index is -0.390. The Labute approximate surface area is 150 Å². The van der Waals surface area contributed by atoms with E-state index < -0.39 is 5.91 Å². The summed E-state index contributed by atoms with van der Waals surface area (Å²) < 4.78 is 10.2. The maximum absolute atomic E-state index is 12.5. The van der Waals surface area contributed by atoms with E-state index in [0.717, 1.165) is 5.56 Å². The van der Waals surface area contributed by atoms with Crippen LogP contribution in [0.5, 0.6) is 5.75 Å². The third kappa shape index (κ3) is 3.92. The number of aryl methyl sites for hydroxylation is 1. The first-order valence-corrected chi connectivity index (χ1v) is 7.98. The monoisotopic (exact) mass is 350 g/mol. The summed E-state index contributed by atoms with van der Waals surface area (Å²) in [7, 11) is 1.57. The number of hydrogen-bond donors (Lipinski definition) is 2. The first kappa shape index (κ1) is 17.3. The summed E-state index contributed by atoms with van der Waals surface area (Å²) in [6.07, 6.45) is 1.43. The van der Waals surface area contributed by atoms with Gasteiger partial charge in [-0.15, -0.1) is 0 Å². The largest absolute Gasteiger partial charge is 0.497 e. The molecule has 0 unspecified atom stereocenters. The van der Waals surface area contributed by atoms with Crippen LogP contribution in [0, 0.1) is 6.92 Å². The number of methoxy groups -OCH3 is 1. The van der Waals surface area contributed by atoms with E-state index in [2.05, 4.69) is 10.6 Å². The molecule has 0 spiro atoms. The topological polar surface area (TPSA) is 80.6 Å². The number of nitrogens with one attached hydrogen (secondary N) is 2. The predicted molar refractivity (Wildman–Crippen MR) is 98.8 cm³/mol. The van der Waals surface area contributed by atoms with Gasteiger partial charge < -0.3 is 19.8 Å². The van der Waals surface area contributed by atoms with Crippen LogP contribution in [0.4, 0.5) is 11.4 Å². The lowest BCUT2D eigenvalue weighted by molar-refractivity contribution is 0.0993. The van der Waals surface area contributed by atoms with Crippen molar-refractivity contribution < 1.29 is 18.7 Å². The highest BCUT2D eigenvalue weighted by Crippen LogP contribution is 2.25. The molecule has 6 nitrogen and oxygen atoms in total. The van der Waals surface area contributed by atoms with Crippen molar-refractivity contribution in [1.82, 2.24) is 0 Å². The van der Waals surface area contributed by atoms with Gasteiger partial charge in [-0.2, -0.15) is 0 Å². The zero-order chi connectivity index (χ0) is 18.5. The molecule has 1 aromatic heterocycles. The summed E-state index contributed by atoms with van der Waals surface area (Å²) in [5.41, 5.74) is 2.42. The molecule has 1 heterocycles. The zero-order valence-electron chi connectivity index (χ0n) is 14.4. The van der Waals surface area contributed by atoms with Crippen molar-refractivity contribution in [2.24, 2.45) is 0 Å². The second-order valence-corrected chi connectivity index (χ2v) is 5.66. The number of rotatable bonds is 5. The molecule has 0 radical (unpaired) electrons. The Kier molecular flexibility index (Phi) is 5.03. The standard InChI is InChI=1S/C20H18N2O4/c1-13-5-10-16(21-20(24)18-4-3-11-26-18)17(12-13)22-19(23)14-6-8-15(25-2)9-7-14/h3-12H,1-2H3,(H,21,24)(H,22,23). The molecule has 0 aliphatic heterocycles. The molecule has 0 atom stereocenters. The fourth-order valence-corrected chi connectivity index (χ4v) is 2.40. The fourth-order valence-electron chi connectivity index (χ4n) is 2.40. The first-order chi connectivity index (χ1) is 12.6. The third-order valence-corrected chi connectivity index (χ3v) is 3.77. The highest BCUT2D eigenvalue weighted by molar-refractivity contribution is 6.09. The van der Waals surface area contributed by atoms with E-state index in [1.54, 1.807) is 55.6 Å². The number of carbonyl (C=O) groups excluding carboxylic acids is 2. The van der Waals surface area contributed by atoms with Crippen LogP contribution in [0.15, 0.2) is 65.3 Å². The van der Waals surface area contributed by atoms with E-state index in [1.165, 1.54) is 6.26 Å². The van der Waals surface area contributed by atoms with Gasteiger partial charge in [0.1, 0.15) is 5.75 Å². The minimum absolute atomic E-state index is 0.193. The fraction of sp³-hybridized carbons (Fsp3) is 0.100. The second kappa shape index (κ2) is 7.57. The molecule has 0 bridgehead atoms. The summed E-state index contributed by atoms with van der Waals surface area (Å²) in [4.78, 5) is 24.7. The number of amides is 2. The highest BCUT2D eigenvalue weighted by Gasteiger charge is 2.14. The Morgan fingerprint density at radius 1 is 0.923 bits per heavy atom. The van der Waals surface area contributed by atoms with Crippen molar-refractivity contribution in [3.05, 3.63) is 77.7 Å². The van der Waals surface area contributed by atoms with Gasteiger partial charge in [-0.25, -0.2) is 0 Å². The summed E-state index contributed by atoms with van der Waals surface area (Å²) in [5.74, 6) is 0.187. The Hall–Kier alpha value is -3.54. The molecule has 0 aliphatic rings. The van der Waals surface area contributed by atoms with Crippen LogP contribution in [0.2, 0.25) is 0 Å². The Balaban J connectivity index is 1.80. The molecule has 0 fully saturated rings. The molecule has 0 aliphatic carbocycles. The molecule has 6 heteroatoms. The molecule has 132 valence electrons. The molecule has 2 N–H and O–H groups in total. The van der Waals surface area contributed by atoms with Crippen LogP contribution in [0.3, 0.4) is 0 Å². The lowest BCUT2D eigenvalue weighted by atomic mass is 10.1. The molecule has 3 aromatic rings. The van der Waals surface area contributed by atoms with Crippen molar-refractivity contribution in [3.8, 4) is 5.75 Å². The van der Waals surface area contributed by atoms with Crippen molar-refractivity contribution in [1.29, 1.82) is 0 Å². The van der Waals surface area contributed by atoms with Gasteiger partial charge in [0.25, 0.3) is 11.8 Å². The van der Waals surface area contributed by atoms with Gasteiger partial charge in [-0.05, 0) is 61.0 Å². The average molecular weight is 350 g/mol. The van der Waals surface area contributed by atoms with Crippen molar-refractivity contribution in [3.63, 3.8) is 0 Å². The third-order valence-electron chi connectivity index (χ3n) is 3.77. The molecule has 26 heavy (non-hydrogen) atoms. The van der Waals surface area contributed by atoms with Crippen LogP contribution < -0.4 is 15.4 Å². The van der Waals surface area contributed by atoms with Gasteiger partial charge in [-0.1, -0.05) is 6.07 Å². The van der Waals surface area contributed by atoms with Gasteiger partial charge in [0, 0.05) is 5.56 Å². The van der Waals surface area contributed by atoms with Crippen LogP contribution >= 0.6 is 0 Å². The summed E-state index contributed by atoms with van der Waals surface area (Å²) >= 11 is 0. The normalized spacial score (nSPS) is 10.2. The van der Waals surface area contributed by atoms with E-state index in [-0.39, 0.29) is 11.7 Å². The van der Waals surface area contributed by atoms with E-state index in [9.17, 15) is 9.59 Å². The number of benzene rings is 2. The van der Waals surface area contributed by atoms with Crippen LogP contribution in [-0.4, -0.2) is 18.9 Å². The lowest BCUT2D eigenvalue weighted by Gasteiger charge is -2.13. The number of hydrogen-bond acceptors (Lipinski definition) is 4. The Bertz CT molecular complexity index is 915. The van der Waals surface area contributed by atoms with Crippen molar-refractivity contribution in [2.75, 3.05) is 17.7 Å². The van der Waals surface area contributed by atoms with Gasteiger partial charge in [-0.3, -0.25) is 9.59 Å². The molecule has 0 saturated heterocycles. The smallest absolute Gasteiger partial charge is 0.291 e. The summed E-state index contributed by atoms with van der Waals surface area (Å²) in [6.45, 7) is 1.90. The maximum atomic E-state index is 12.5. The van der Waals surface area contributed by atoms with Gasteiger partial charge in [0.05, 0.1) is 24.7 Å². The molecular weight excluding hydrogens is 332 g/mol. The average Bonchev–Trinajstić information content (AvgIpc) is 3.19. The molecule has 3 rings (SSSR count). The van der Waals surface area contributed by atoms with E-state index in [4.69, 9.17) is 9.15 Å². The van der Waals surface area contributed by atoms with Crippen LogP contribution in [0.25, 0.3) is 0 Å². The number of furan rings is 1. The van der Waals surface area contributed by atoms with Crippen LogP contribution in [-0.2, 0) is 0 Å². The molecular formula is C20H18N2O4. The first-order valence-electron chi connectivity index (χ1n) is 7.98. The van der Waals surface area contributed by atoms with Crippen LogP contribution in [0.1, 0.15) is 26.5 Å². The SMILES string of the molecule is COc1ccc(C(=O)Nc2cc(C)ccc2NC(=O)c2ccco2)cc1. The van der Waals surface area contributed by atoms with E-state index >= 15 is 0 Å². The number of ether oxygens (including phenoxy) is 1. The van der Waals surface area contributed by atoms with Crippen molar-refractivity contribution in [2.45, 2.75) is 6.92 Å². The molecule has 0 saturated carbocycles. The van der Waals surface area contributed by atoms with Gasteiger partial charge in [0.2, 0.25) is 0 Å². The Morgan fingerprint density at radius 3 is 2.31 bits per heavy atom. The summed E-state index contributed by atoms with van der Waals surface area (Å²) in [6, 6.07) is 15.3. The summed E-state index contributed by atoms with van der Waals surface area (Å²) in [5, 5.41) is 5.58. The lowest BCUT2D eigenvalue weighted by Crippen LogP contribution is -2.16. The van der Waals surface area contributed by atoms with E-state index in [1.807, 2.05) is 13.0 Å². The van der Waals surface area contributed by atoms with Gasteiger partial charge in [0.15, 0.2) is 5.76 Å². The van der Waals surface area contributed by atoms with Crippen molar-refractivity contribution >= 4 is 23.2 Å². The zero-order valence-corrected chi connectivity index (χ0v) is 14.4. The number of carbonyl (C=O) groups is 2. The minimum Gasteiger partial charge on any atom is -0.497 e. The second-order valence-electron chi connectivity index (χ2n) is 5.66.